The lowest BCUT2D eigenvalue weighted by molar-refractivity contribution is -0.196. The van der Waals surface area contributed by atoms with Crippen molar-refractivity contribution in [1.82, 2.24) is 10.2 Å². The Balaban J connectivity index is 1.86. The molecule has 2 rings (SSSR count). The molecule has 0 aromatic carbocycles. The number of alkyl halides is 3. The first-order chi connectivity index (χ1) is 10.8. The summed E-state index contributed by atoms with van der Waals surface area (Å²) >= 11 is 0. The van der Waals surface area contributed by atoms with Crippen LogP contribution < -0.4 is 5.32 Å². The summed E-state index contributed by atoms with van der Waals surface area (Å²) in [5.41, 5.74) is 0. The van der Waals surface area contributed by atoms with E-state index in [0.717, 1.165) is 24.7 Å². The van der Waals surface area contributed by atoms with E-state index in [1.165, 1.54) is 0 Å². The highest BCUT2D eigenvalue weighted by atomic mass is 19.4. The van der Waals surface area contributed by atoms with Gasteiger partial charge in [-0.05, 0) is 31.6 Å². The number of amides is 2. The number of ether oxygens (including phenoxy) is 1. The molecule has 2 fully saturated rings. The second-order valence-corrected chi connectivity index (χ2v) is 6.33. The zero-order valence-corrected chi connectivity index (χ0v) is 13.2. The molecule has 2 saturated heterocycles. The Hall–Kier alpha value is -1.31. The summed E-state index contributed by atoms with van der Waals surface area (Å²) in [5, 5.41) is 2.78. The van der Waals surface area contributed by atoms with E-state index in [1.807, 2.05) is 0 Å². The van der Waals surface area contributed by atoms with Crippen LogP contribution in [0.4, 0.5) is 13.2 Å². The highest BCUT2D eigenvalue weighted by molar-refractivity contribution is 5.77. The van der Waals surface area contributed by atoms with Crippen LogP contribution in [0.3, 0.4) is 0 Å². The summed E-state index contributed by atoms with van der Waals surface area (Å²) in [5.74, 6) is -0.509. The Morgan fingerprint density at radius 3 is 2.39 bits per heavy atom. The highest BCUT2D eigenvalue weighted by Crippen LogP contribution is 2.32. The van der Waals surface area contributed by atoms with E-state index in [1.54, 1.807) is 0 Å². The minimum Gasteiger partial charge on any atom is -0.381 e. The molecule has 2 unspecified atom stereocenters. The molecule has 2 amide bonds. The Morgan fingerprint density at radius 2 is 1.83 bits per heavy atom. The monoisotopic (exact) mass is 336 g/mol. The average molecular weight is 336 g/mol. The number of piperidine rings is 1. The lowest BCUT2D eigenvalue weighted by Crippen LogP contribution is -2.57. The zero-order chi connectivity index (χ0) is 17.0. The van der Waals surface area contributed by atoms with Gasteiger partial charge in [0, 0.05) is 39.1 Å². The van der Waals surface area contributed by atoms with Crippen molar-refractivity contribution < 1.29 is 27.5 Å². The van der Waals surface area contributed by atoms with Crippen LogP contribution in [0, 0.1) is 5.92 Å². The summed E-state index contributed by atoms with van der Waals surface area (Å²) < 4.78 is 44.1. The van der Waals surface area contributed by atoms with Crippen LogP contribution in [0.1, 0.15) is 39.0 Å². The molecule has 8 heteroatoms. The molecule has 132 valence electrons. The number of halogens is 3. The summed E-state index contributed by atoms with van der Waals surface area (Å²) in [6, 6.07) is -2.16. The molecule has 0 radical (unpaired) electrons. The minimum atomic E-state index is -4.43. The number of nitrogens with one attached hydrogen (secondary N) is 1. The van der Waals surface area contributed by atoms with Crippen LogP contribution in [0.25, 0.3) is 0 Å². The van der Waals surface area contributed by atoms with Gasteiger partial charge in [0.05, 0.1) is 0 Å². The highest BCUT2D eigenvalue weighted by Gasteiger charge is 2.47. The summed E-state index contributed by atoms with van der Waals surface area (Å²) in [7, 11) is 0. The van der Waals surface area contributed by atoms with Crippen molar-refractivity contribution >= 4 is 11.8 Å². The van der Waals surface area contributed by atoms with Gasteiger partial charge in [-0.25, -0.2) is 0 Å². The van der Waals surface area contributed by atoms with E-state index >= 15 is 0 Å². The van der Waals surface area contributed by atoms with E-state index in [4.69, 9.17) is 4.74 Å². The predicted molar refractivity (Wildman–Crippen MR) is 76.6 cm³/mol. The molecule has 2 aliphatic heterocycles. The molecule has 2 atom stereocenters. The van der Waals surface area contributed by atoms with Crippen molar-refractivity contribution in [3.63, 3.8) is 0 Å². The molecule has 5 nitrogen and oxygen atoms in total. The largest absolute Gasteiger partial charge is 0.408 e. The van der Waals surface area contributed by atoms with Gasteiger partial charge in [-0.3, -0.25) is 9.59 Å². The fraction of sp³-hybridized carbons (Fsp3) is 0.867. The van der Waals surface area contributed by atoms with Crippen molar-refractivity contribution in [2.75, 3.05) is 19.8 Å². The van der Waals surface area contributed by atoms with Gasteiger partial charge in [-0.1, -0.05) is 0 Å². The van der Waals surface area contributed by atoms with Gasteiger partial charge < -0.3 is 15.0 Å². The molecule has 0 aliphatic carbocycles. The Bertz CT molecular complexity index is 436. The first kappa shape index (κ1) is 18.0. The molecule has 2 aliphatic rings. The normalized spacial score (nSPS) is 26.9. The Morgan fingerprint density at radius 1 is 1.17 bits per heavy atom. The van der Waals surface area contributed by atoms with Crippen LogP contribution in [-0.2, 0) is 14.3 Å². The third-order valence-electron chi connectivity index (χ3n) is 4.54. The molecule has 0 spiro atoms. The lowest BCUT2D eigenvalue weighted by Gasteiger charge is -2.40. The lowest BCUT2D eigenvalue weighted by atomic mass is 9.94. The minimum absolute atomic E-state index is 0.0843. The Kier molecular flexibility index (Phi) is 5.89. The SMILES string of the molecule is CC(=O)N1CC(NC(=O)CC2CCOCC2)CCC1C(F)(F)F. The van der Waals surface area contributed by atoms with Crippen LogP contribution >= 0.6 is 0 Å². The van der Waals surface area contributed by atoms with Crippen molar-refractivity contribution in [2.24, 2.45) is 5.92 Å². The van der Waals surface area contributed by atoms with Gasteiger partial charge in [0.1, 0.15) is 6.04 Å². The second-order valence-electron chi connectivity index (χ2n) is 6.33. The molecule has 0 aromatic heterocycles. The topological polar surface area (TPSA) is 58.6 Å². The number of nitrogens with zero attached hydrogens (tertiary/aromatic N) is 1. The fourth-order valence-corrected chi connectivity index (χ4v) is 3.28. The van der Waals surface area contributed by atoms with Gasteiger partial charge in [0.2, 0.25) is 11.8 Å². The van der Waals surface area contributed by atoms with Crippen LogP contribution in [-0.4, -0.2) is 54.7 Å². The number of hydrogen-bond acceptors (Lipinski definition) is 3. The van der Waals surface area contributed by atoms with Gasteiger partial charge in [0.15, 0.2) is 0 Å². The van der Waals surface area contributed by atoms with Crippen molar-refractivity contribution in [3.05, 3.63) is 0 Å². The smallest absolute Gasteiger partial charge is 0.381 e. The Labute approximate surface area is 133 Å². The molecule has 0 bridgehead atoms. The standard InChI is InChI=1S/C15H23F3N2O3/c1-10(21)20-9-12(2-3-13(20)15(16,17)18)19-14(22)8-11-4-6-23-7-5-11/h11-13H,2-9H2,1H3,(H,19,22). The molecule has 2 heterocycles. The maximum Gasteiger partial charge on any atom is 0.408 e. The van der Waals surface area contributed by atoms with Gasteiger partial charge >= 0.3 is 6.18 Å². The van der Waals surface area contributed by atoms with E-state index in [2.05, 4.69) is 5.32 Å². The van der Waals surface area contributed by atoms with Gasteiger partial charge in [0.25, 0.3) is 0 Å². The van der Waals surface area contributed by atoms with Gasteiger partial charge in [-0.15, -0.1) is 0 Å². The van der Waals surface area contributed by atoms with Crippen LogP contribution in [0.5, 0.6) is 0 Å². The summed E-state index contributed by atoms with van der Waals surface area (Å²) in [4.78, 5) is 24.4. The predicted octanol–water partition coefficient (Wildman–Crippen LogP) is 1.86. The number of hydrogen-bond donors (Lipinski definition) is 1. The van der Waals surface area contributed by atoms with Crippen LogP contribution in [0.15, 0.2) is 0 Å². The first-order valence-electron chi connectivity index (χ1n) is 7.98. The van der Waals surface area contributed by atoms with Gasteiger partial charge in [-0.2, -0.15) is 13.2 Å². The molecule has 0 aromatic rings. The number of rotatable bonds is 3. The molecular weight excluding hydrogens is 313 g/mol. The quantitative estimate of drug-likeness (QED) is 0.856. The van der Waals surface area contributed by atoms with Crippen molar-refractivity contribution in [2.45, 2.75) is 57.3 Å². The molecule has 1 N–H and O–H groups in total. The van der Waals surface area contributed by atoms with E-state index in [0.29, 0.717) is 19.6 Å². The third kappa shape index (κ3) is 5.09. The van der Waals surface area contributed by atoms with Crippen molar-refractivity contribution in [3.8, 4) is 0 Å². The van der Waals surface area contributed by atoms with E-state index < -0.39 is 24.2 Å². The van der Waals surface area contributed by atoms with Crippen molar-refractivity contribution in [1.29, 1.82) is 0 Å². The van der Waals surface area contributed by atoms with Crippen LogP contribution in [0.2, 0.25) is 0 Å². The molecule has 0 saturated carbocycles. The maximum absolute atomic E-state index is 13.0. The van der Waals surface area contributed by atoms with E-state index in [-0.39, 0.29) is 31.2 Å². The van der Waals surface area contributed by atoms with E-state index in [9.17, 15) is 22.8 Å². The maximum atomic E-state index is 13.0. The first-order valence-corrected chi connectivity index (χ1v) is 7.98. The summed E-state index contributed by atoms with van der Waals surface area (Å²) in [6.45, 7) is 2.34. The molecular formula is C15H23F3N2O3. The fourth-order valence-electron chi connectivity index (χ4n) is 3.28. The molecule has 23 heavy (non-hydrogen) atoms. The average Bonchev–Trinajstić information content (AvgIpc) is 2.46. The summed E-state index contributed by atoms with van der Waals surface area (Å²) in [6.07, 6.45) is -2.36. The third-order valence-corrected chi connectivity index (χ3v) is 4.54. The number of carbonyl (C=O) groups is 2. The zero-order valence-electron chi connectivity index (χ0n) is 13.2. The number of likely N-dealkylation sites (tertiary alicyclic amines) is 1. The number of carbonyl (C=O) groups excluding carboxylic acids is 2. The second kappa shape index (κ2) is 7.51.